The van der Waals surface area contributed by atoms with Gasteiger partial charge in [-0.1, -0.05) is 6.07 Å². The van der Waals surface area contributed by atoms with Crippen molar-refractivity contribution in [3.63, 3.8) is 0 Å². The molecule has 1 aliphatic heterocycles. The number of carbonyl (C=O) groups is 1. The Hall–Kier alpha value is -1.57. The van der Waals surface area contributed by atoms with Gasteiger partial charge in [-0.25, -0.2) is 8.78 Å². The Balaban J connectivity index is 2.14. The molecule has 19 heavy (non-hydrogen) atoms. The number of rotatable bonds is 3. The number of benzene rings is 1. The Kier molecular flexibility index (Phi) is 3.53. The first-order chi connectivity index (χ1) is 8.77. The predicted molar refractivity (Wildman–Crippen MR) is 60.2 cm³/mol. The smallest absolute Gasteiger partial charge is 0.307 e. The number of halogens is 3. The molecule has 8 heteroatoms. The second-order valence-electron chi connectivity index (χ2n) is 4.31. The molecule has 1 heterocycles. The van der Waals surface area contributed by atoms with Crippen molar-refractivity contribution in [2.75, 3.05) is 6.54 Å². The lowest BCUT2D eigenvalue weighted by Gasteiger charge is -2.16. The topological polar surface area (TPSA) is 54.5 Å². The van der Waals surface area contributed by atoms with Crippen LogP contribution in [0.4, 0.5) is 12.7 Å². The lowest BCUT2D eigenvalue weighted by molar-refractivity contribution is -0.128. The van der Waals surface area contributed by atoms with Crippen LogP contribution in [0.25, 0.3) is 0 Å². The minimum Gasteiger partial charge on any atom is -0.337 e. The highest BCUT2D eigenvalue weighted by Crippen LogP contribution is 2.22. The zero-order chi connectivity index (χ0) is 14.2. The van der Waals surface area contributed by atoms with E-state index in [9.17, 15) is 25.9 Å². The zero-order valence-corrected chi connectivity index (χ0v) is 10.5. The fourth-order valence-corrected chi connectivity index (χ4v) is 2.63. The molecule has 0 N–H and O–H groups in total. The van der Waals surface area contributed by atoms with E-state index in [2.05, 4.69) is 0 Å². The molecule has 1 fully saturated rings. The molecule has 0 saturated carbocycles. The SMILES string of the molecule is O=C1CC(S(=O)(=O)F)CN1Cc1ccc(F)cc1F. The van der Waals surface area contributed by atoms with Crippen molar-refractivity contribution in [3.05, 3.63) is 35.4 Å². The van der Waals surface area contributed by atoms with Crippen LogP contribution >= 0.6 is 0 Å². The van der Waals surface area contributed by atoms with Gasteiger partial charge < -0.3 is 4.90 Å². The molecule has 0 aliphatic carbocycles. The summed E-state index contributed by atoms with van der Waals surface area (Å²) >= 11 is 0. The average molecular weight is 293 g/mol. The van der Waals surface area contributed by atoms with Crippen LogP contribution in [0.3, 0.4) is 0 Å². The van der Waals surface area contributed by atoms with Crippen LogP contribution in [0.5, 0.6) is 0 Å². The molecule has 1 aliphatic rings. The molecule has 1 atom stereocenters. The van der Waals surface area contributed by atoms with Crippen molar-refractivity contribution in [3.8, 4) is 0 Å². The quantitative estimate of drug-likeness (QED) is 0.791. The van der Waals surface area contributed by atoms with Gasteiger partial charge in [-0.05, 0) is 6.07 Å². The molecule has 0 spiro atoms. The van der Waals surface area contributed by atoms with Crippen LogP contribution in [0.15, 0.2) is 18.2 Å². The molecule has 0 aromatic heterocycles. The first-order valence-electron chi connectivity index (χ1n) is 5.42. The highest BCUT2D eigenvalue weighted by atomic mass is 32.3. The molecule has 1 unspecified atom stereocenters. The number of hydrogen-bond donors (Lipinski definition) is 0. The standard InChI is InChI=1S/C11H10F3NO3S/c12-8-2-1-7(10(13)3-8)5-15-6-9(4-11(15)16)19(14,17)18/h1-3,9H,4-6H2. The second-order valence-corrected chi connectivity index (χ2v) is 5.93. The monoisotopic (exact) mass is 293 g/mol. The summed E-state index contributed by atoms with van der Waals surface area (Å²) in [6.07, 6.45) is -0.457. The van der Waals surface area contributed by atoms with Crippen LogP contribution in [0.1, 0.15) is 12.0 Å². The maximum absolute atomic E-state index is 13.4. The third-order valence-electron chi connectivity index (χ3n) is 2.95. The summed E-state index contributed by atoms with van der Waals surface area (Å²) < 4.78 is 60.3. The Morgan fingerprint density at radius 1 is 1.32 bits per heavy atom. The van der Waals surface area contributed by atoms with Crippen molar-refractivity contribution < 1.29 is 25.9 Å². The molecule has 0 bridgehead atoms. The van der Waals surface area contributed by atoms with Gasteiger partial charge in [0.15, 0.2) is 0 Å². The van der Waals surface area contributed by atoms with Crippen LogP contribution in [0.2, 0.25) is 0 Å². The minimum atomic E-state index is -4.79. The van der Waals surface area contributed by atoms with E-state index in [-0.39, 0.29) is 18.7 Å². The third-order valence-corrected chi connectivity index (χ3v) is 4.07. The molecular formula is C11H10F3NO3S. The van der Waals surface area contributed by atoms with Gasteiger partial charge >= 0.3 is 10.2 Å². The summed E-state index contributed by atoms with van der Waals surface area (Å²) in [7, 11) is -4.79. The maximum atomic E-state index is 13.4. The normalized spacial score (nSPS) is 20.1. The van der Waals surface area contributed by atoms with Gasteiger partial charge in [0.1, 0.15) is 16.9 Å². The summed E-state index contributed by atoms with van der Waals surface area (Å²) in [6.45, 7) is -0.536. The van der Waals surface area contributed by atoms with Crippen LogP contribution in [-0.4, -0.2) is 31.0 Å². The first-order valence-corrected chi connectivity index (χ1v) is 6.87. The second kappa shape index (κ2) is 4.84. The summed E-state index contributed by atoms with van der Waals surface area (Å²) in [5.74, 6) is -2.16. The molecule has 4 nitrogen and oxygen atoms in total. The van der Waals surface area contributed by atoms with Crippen molar-refractivity contribution in [1.82, 2.24) is 4.90 Å². The molecule has 1 saturated heterocycles. The van der Waals surface area contributed by atoms with Gasteiger partial charge in [-0.3, -0.25) is 4.79 Å². The van der Waals surface area contributed by atoms with Crippen molar-refractivity contribution >= 4 is 16.1 Å². The van der Waals surface area contributed by atoms with Crippen LogP contribution < -0.4 is 0 Å². The van der Waals surface area contributed by atoms with Crippen LogP contribution in [0, 0.1) is 11.6 Å². The largest absolute Gasteiger partial charge is 0.337 e. The number of likely N-dealkylation sites (tertiary alicyclic amines) is 1. The van der Waals surface area contributed by atoms with Crippen molar-refractivity contribution in [2.24, 2.45) is 0 Å². The first kappa shape index (κ1) is 13.9. The Morgan fingerprint density at radius 3 is 2.53 bits per heavy atom. The fraction of sp³-hybridized carbons (Fsp3) is 0.364. The third kappa shape index (κ3) is 3.06. The van der Waals surface area contributed by atoms with E-state index in [1.54, 1.807) is 0 Å². The van der Waals surface area contributed by atoms with E-state index >= 15 is 0 Å². The molecule has 1 aromatic carbocycles. The minimum absolute atomic E-state index is 0.0478. The van der Waals surface area contributed by atoms with Gasteiger partial charge in [-0.15, -0.1) is 3.89 Å². The molecule has 0 radical (unpaired) electrons. The molecular weight excluding hydrogens is 283 g/mol. The fourth-order valence-electron chi connectivity index (χ4n) is 1.93. The lowest BCUT2D eigenvalue weighted by Crippen LogP contribution is -2.27. The number of carbonyl (C=O) groups excluding carboxylic acids is 1. The predicted octanol–water partition coefficient (Wildman–Crippen LogP) is 1.36. The van der Waals surface area contributed by atoms with Gasteiger partial charge in [0.25, 0.3) is 0 Å². The van der Waals surface area contributed by atoms with Gasteiger partial charge in [0.05, 0.1) is 0 Å². The number of hydrogen-bond acceptors (Lipinski definition) is 3. The maximum Gasteiger partial charge on any atom is 0.307 e. The molecule has 104 valence electrons. The molecule has 1 amide bonds. The van der Waals surface area contributed by atoms with Crippen LogP contribution in [-0.2, 0) is 21.6 Å². The Labute approximate surface area is 108 Å². The number of nitrogens with zero attached hydrogens (tertiary/aromatic N) is 1. The number of amides is 1. The van der Waals surface area contributed by atoms with E-state index in [0.29, 0.717) is 6.07 Å². The highest BCUT2D eigenvalue weighted by Gasteiger charge is 2.38. The summed E-state index contributed by atoms with van der Waals surface area (Å²) in [5, 5.41) is -1.41. The van der Waals surface area contributed by atoms with Gasteiger partial charge in [-0.2, -0.15) is 8.42 Å². The van der Waals surface area contributed by atoms with E-state index in [0.717, 1.165) is 17.0 Å². The molecule has 1 aromatic rings. The van der Waals surface area contributed by atoms with E-state index in [1.807, 2.05) is 0 Å². The van der Waals surface area contributed by atoms with Crippen molar-refractivity contribution in [2.45, 2.75) is 18.2 Å². The van der Waals surface area contributed by atoms with E-state index in [1.165, 1.54) is 0 Å². The Bertz CT molecular complexity index is 618. The van der Waals surface area contributed by atoms with E-state index < -0.39 is 39.4 Å². The zero-order valence-electron chi connectivity index (χ0n) is 9.64. The molecule has 2 rings (SSSR count). The highest BCUT2D eigenvalue weighted by molar-refractivity contribution is 7.87. The average Bonchev–Trinajstić information content (AvgIpc) is 2.64. The van der Waals surface area contributed by atoms with E-state index in [4.69, 9.17) is 0 Å². The van der Waals surface area contributed by atoms with Gasteiger partial charge in [0, 0.05) is 31.1 Å². The summed E-state index contributed by atoms with van der Waals surface area (Å²) in [6, 6.07) is 2.86. The summed E-state index contributed by atoms with van der Waals surface area (Å²) in [4.78, 5) is 12.6. The Morgan fingerprint density at radius 2 is 2.00 bits per heavy atom. The van der Waals surface area contributed by atoms with Gasteiger partial charge in [0.2, 0.25) is 5.91 Å². The summed E-state index contributed by atoms with van der Waals surface area (Å²) in [5.41, 5.74) is 0.0478. The lowest BCUT2D eigenvalue weighted by atomic mass is 10.2. The van der Waals surface area contributed by atoms with Crippen molar-refractivity contribution in [1.29, 1.82) is 0 Å².